The average molecular weight is 435 g/mol. The molecule has 0 radical (unpaired) electrons. The van der Waals surface area contributed by atoms with E-state index in [9.17, 15) is 4.79 Å². The van der Waals surface area contributed by atoms with Gasteiger partial charge in [0.1, 0.15) is 0 Å². The summed E-state index contributed by atoms with van der Waals surface area (Å²) >= 11 is 6.08. The van der Waals surface area contributed by atoms with E-state index in [0.717, 1.165) is 12.1 Å². The maximum atomic E-state index is 12.7. The number of hydrogen-bond donors (Lipinski definition) is 0. The molecular formula is C22H19ClN6O2. The number of amides is 1. The normalized spacial score (nSPS) is 21.4. The number of pyridine rings is 2. The molecule has 1 amide bonds. The quantitative estimate of drug-likeness (QED) is 0.545. The summed E-state index contributed by atoms with van der Waals surface area (Å²) < 4.78 is 5.41. The number of halogens is 1. The highest BCUT2D eigenvalue weighted by molar-refractivity contribution is 6.30. The third-order valence-corrected chi connectivity index (χ3v) is 6.03. The summed E-state index contributed by atoms with van der Waals surface area (Å²) in [6.45, 7) is 3.67. The lowest BCUT2D eigenvalue weighted by atomic mass is 10.1. The molecule has 0 aliphatic heterocycles. The smallest absolute Gasteiger partial charge is 0.257 e. The van der Waals surface area contributed by atoms with Crippen LogP contribution < -0.4 is 0 Å². The highest BCUT2D eigenvalue weighted by Crippen LogP contribution is 2.62. The van der Waals surface area contributed by atoms with Crippen LogP contribution in [-0.2, 0) is 6.54 Å². The van der Waals surface area contributed by atoms with Crippen LogP contribution >= 0.6 is 11.6 Å². The van der Waals surface area contributed by atoms with Crippen LogP contribution in [0.15, 0.2) is 52.3 Å². The lowest BCUT2D eigenvalue weighted by Gasteiger charge is -2.15. The Hall–Kier alpha value is -3.39. The molecule has 0 saturated heterocycles. The second-order valence-electron chi connectivity index (χ2n) is 7.76. The fourth-order valence-electron chi connectivity index (χ4n) is 4.22. The Bertz CT molecular complexity index is 1210. The third kappa shape index (κ3) is 3.63. The van der Waals surface area contributed by atoms with Gasteiger partial charge in [0.25, 0.3) is 5.91 Å². The van der Waals surface area contributed by atoms with Crippen molar-refractivity contribution in [3.63, 3.8) is 0 Å². The van der Waals surface area contributed by atoms with Gasteiger partial charge in [0, 0.05) is 30.4 Å². The van der Waals surface area contributed by atoms with Crippen LogP contribution in [0.5, 0.6) is 0 Å². The predicted octanol–water partition coefficient (Wildman–Crippen LogP) is 3.93. The lowest BCUT2D eigenvalue weighted by Crippen LogP contribution is -2.26. The molecule has 1 saturated carbocycles. The van der Waals surface area contributed by atoms with Crippen molar-refractivity contribution in [3.05, 3.63) is 70.7 Å². The highest BCUT2D eigenvalue weighted by Gasteiger charge is 2.55. The molecule has 1 fully saturated rings. The minimum atomic E-state index is -0.236. The molecule has 0 unspecified atom stereocenters. The summed E-state index contributed by atoms with van der Waals surface area (Å²) in [6.07, 6.45) is 6.46. The van der Waals surface area contributed by atoms with Gasteiger partial charge in [0.15, 0.2) is 11.6 Å². The number of carbonyl (C=O) groups excluding carboxylic acids is 1. The Labute approximate surface area is 183 Å². The fourth-order valence-corrected chi connectivity index (χ4v) is 4.38. The van der Waals surface area contributed by atoms with E-state index >= 15 is 0 Å². The van der Waals surface area contributed by atoms with Crippen LogP contribution in [0.4, 0.5) is 5.82 Å². The molecular weight excluding hydrogens is 416 g/mol. The van der Waals surface area contributed by atoms with E-state index in [-0.39, 0.29) is 18.4 Å². The maximum Gasteiger partial charge on any atom is 0.257 e. The van der Waals surface area contributed by atoms with E-state index in [1.807, 2.05) is 6.07 Å². The van der Waals surface area contributed by atoms with Crippen LogP contribution in [0.1, 0.15) is 40.1 Å². The van der Waals surface area contributed by atoms with E-state index in [4.69, 9.17) is 16.1 Å². The van der Waals surface area contributed by atoms with Gasteiger partial charge >= 0.3 is 0 Å². The Morgan fingerprint density at radius 3 is 2.97 bits per heavy atom. The van der Waals surface area contributed by atoms with Gasteiger partial charge in [-0.05, 0) is 54.8 Å². The first-order chi connectivity index (χ1) is 15.0. The molecule has 3 aromatic rings. The minimum absolute atomic E-state index is 0.201. The lowest BCUT2D eigenvalue weighted by molar-refractivity contribution is 0.0770. The number of nitrogens with zero attached hydrogens (tertiary/aromatic N) is 6. The Morgan fingerprint density at radius 2 is 2.23 bits per heavy atom. The molecule has 2 aliphatic carbocycles. The highest BCUT2D eigenvalue weighted by atomic mass is 35.5. The number of aromatic nitrogens is 4. The molecule has 5 rings (SSSR count). The number of carbonyl (C=O) groups is 1. The van der Waals surface area contributed by atoms with Gasteiger partial charge in [0.05, 0.1) is 17.8 Å². The van der Waals surface area contributed by atoms with Crippen molar-refractivity contribution >= 4 is 35.6 Å². The van der Waals surface area contributed by atoms with Crippen molar-refractivity contribution in [1.29, 1.82) is 0 Å². The second kappa shape index (κ2) is 7.70. The van der Waals surface area contributed by atoms with E-state index in [1.54, 1.807) is 37.6 Å². The van der Waals surface area contributed by atoms with Crippen LogP contribution in [0.3, 0.4) is 0 Å². The van der Waals surface area contributed by atoms with Crippen LogP contribution in [-0.4, -0.2) is 44.7 Å². The molecule has 0 bridgehead atoms. The molecule has 0 spiro atoms. The van der Waals surface area contributed by atoms with Crippen LogP contribution in [0.25, 0.3) is 5.57 Å². The largest absolute Gasteiger partial charge is 0.337 e. The second-order valence-corrected chi connectivity index (χ2v) is 8.20. The number of allylic oxidation sites excluding steroid dienone is 2. The van der Waals surface area contributed by atoms with Crippen molar-refractivity contribution in [2.45, 2.75) is 18.9 Å². The van der Waals surface area contributed by atoms with Crippen molar-refractivity contribution in [2.75, 3.05) is 7.05 Å². The van der Waals surface area contributed by atoms with Crippen molar-refractivity contribution in [2.24, 2.45) is 16.8 Å². The molecule has 156 valence electrons. The van der Waals surface area contributed by atoms with Gasteiger partial charge in [-0.15, -0.1) is 0 Å². The monoisotopic (exact) mass is 434 g/mol. The van der Waals surface area contributed by atoms with Gasteiger partial charge in [0.2, 0.25) is 5.89 Å². The molecule has 3 atom stereocenters. The predicted molar refractivity (Wildman–Crippen MR) is 115 cm³/mol. The average Bonchev–Trinajstić information content (AvgIpc) is 3.11. The van der Waals surface area contributed by atoms with Crippen LogP contribution in [0.2, 0.25) is 5.02 Å². The molecule has 3 aromatic heterocycles. The maximum absolute atomic E-state index is 12.7. The van der Waals surface area contributed by atoms with Gasteiger partial charge in [-0.2, -0.15) is 4.98 Å². The SMILES string of the molecule is C=Nc1ncccc1C(=O)N(C)Cc1nc([C@@H]2[C@H]3C=C(c4cc(Cl)ccn4)C[C@H]32)no1. The summed E-state index contributed by atoms with van der Waals surface area (Å²) in [5, 5.41) is 4.85. The first-order valence-corrected chi connectivity index (χ1v) is 10.2. The molecule has 0 N–H and O–H groups in total. The van der Waals surface area contributed by atoms with Crippen molar-refractivity contribution < 1.29 is 9.32 Å². The van der Waals surface area contributed by atoms with Crippen molar-refractivity contribution in [3.8, 4) is 0 Å². The Balaban J connectivity index is 1.25. The number of rotatable bonds is 6. The first-order valence-electron chi connectivity index (χ1n) is 9.87. The molecule has 0 aromatic carbocycles. The number of aliphatic imine (C=N–C) groups is 1. The number of fused-ring (bicyclic) bond motifs is 1. The molecule has 31 heavy (non-hydrogen) atoms. The summed E-state index contributed by atoms with van der Waals surface area (Å²) in [7, 11) is 1.67. The molecule has 9 heteroatoms. The Kier molecular flexibility index (Phi) is 4.86. The number of hydrogen-bond acceptors (Lipinski definition) is 7. The standard InChI is InChI=1S/C22H19ClN6O2/c1-24-20-14(4-3-6-26-20)22(30)29(2)11-18-27-21(28-31-18)19-15-8-12(9-16(15)19)17-10-13(23)5-7-25-17/h3-8,10,15-16,19H,1,9,11H2,2H3/t15-,16+,19+/m0/s1. The summed E-state index contributed by atoms with van der Waals surface area (Å²) in [5.41, 5.74) is 2.52. The third-order valence-electron chi connectivity index (χ3n) is 5.80. The summed E-state index contributed by atoms with van der Waals surface area (Å²) in [4.78, 5) is 31.0. The first kappa shape index (κ1) is 19.6. The van der Waals surface area contributed by atoms with E-state index < -0.39 is 0 Å². The zero-order valence-electron chi connectivity index (χ0n) is 16.8. The van der Waals surface area contributed by atoms with Gasteiger partial charge in [-0.25, -0.2) is 9.98 Å². The van der Waals surface area contributed by atoms with E-state index in [0.29, 0.717) is 40.0 Å². The zero-order valence-corrected chi connectivity index (χ0v) is 17.5. The fraction of sp³-hybridized carbons (Fsp3) is 0.273. The molecule has 8 nitrogen and oxygen atoms in total. The summed E-state index contributed by atoms with van der Waals surface area (Å²) in [5.74, 6) is 2.24. The van der Waals surface area contributed by atoms with E-state index in [2.05, 4.69) is 37.9 Å². The van der Waals surface area contributed by atoms with Gasteiger partial charge in [-0.1, -0.05) is 22.8 Å². The van der Waals surface area contributed by atoms with Gasteiger partial charge in [-0.3, -0.25) is 9.78 Å². The van der Waals surface area contributed by atoms with Crippen LogP contribution in [0, 0.1) is 11.8 Å². The molecule has 2 aliphatic rings. The topological polar surface area (TPSA) is 97.4 Å². The van der Waals surface area contributed by atoms with Gasteiger partial charge < -0.3 is 9.42 Å². The minimum Gasteiger partial charge on any atom is -0.337 e. The molecule has 3 heterocycles. The van der Waals surface area contributed by atoms with E-state index in [1.165, 1.54) is 10.5 Å². The zero-order chi connectivity index (χ0) is 21.5. The Morgan fingerprint density at radius 1 is 1.35 bits per heavy atom. The summed E-state index contributed by atoms with van der Waals surface area (Å²) in [6, 6.07) is 7.02. The van der Waals surface area contributed by atoms with Crippen molar-refractivity contribution in [1.82, 2.24) is 25.0 Å².